The number of hydrogen-bond acceptors (Lipinski definition) is 15. The Balaban J connectivity index is 5.22. The van der Waals surface area contributed by atoms with Crippen molar-refractivity contribution in [2.75, 3.05) is 39.6 Å². The first-order valence-corrected chi connectivity index (χ1v) is 38.2. The van der Waals surface area contributed by atoms with Crippen LogP contribution in [0.4, 0.5) is 0 Å². The van der Waals surface area contributed by atoms with Gasteiger partial charge in [0.05, 0.1) is 26.4 Å². The lowest BCUT2D eigenvalue weighted by atomic mass is 9.99. The van der Waals surface area contributed by atoms with E-state index in [4.69, 9.17) is 37.0 Å². The van der Waals surface area contributed by atoms with Gasteiger partial charge in [-0.25, -0.2) is 9.13 Å². The van der Waals surface area contributed by atoms with Gasteiger partial charge in [0.15, 0.2) is 12.2 Å². The van der Waals surface area contributed by atoms with E-state index in [1.165, 1.54) is 128 Å². The molecule has 0 heterocycles. The zero-order chi connectivity index (χ0) is 64.7. The Bertz CT molecular complexity index is 1730. The summed E-state index contributed by atoms with van der Waals surface area (Å²) in [5, 5.41) is 10.6. The van der Waals surface area contributed by atoms with Crippen LogP contribution < -0.4 is 0 Å². The number of unbranched alkanes of at least 4 members (excludes halogenated alkanes) is 30. The van der Waals surface area contributed by atoms with Crippen molar-refractivity contribution in [2.45, 2.75) is 350 Å². The molecule has 17 nitrogen and oxygen atoms in total. The average Bonchev–Trinajstić information content (AvgIpc) is 3.58. The highest BCUT2D eigenvalue weighted by atomic mass is 31.2. The van der Waals surface area contributed by atoms with E-state index in [-0.39, 0.29) is 25.7 Å². The second kappa shape index (κ2) is 57.9. The average molecular weight is 1280 g/mol. The molecular formula is C68H132O17P2. The molecule has 0 aromatic carbocycles. The number of phosphoric acid groups is 2. The van der Waals surface area contributed by atoms with E-state index < -0.39 is 97.5 Å². The van der Waals surface area contributed by atoms with Crippen LogP contribution in [0.2, 0.25) is 0 Å². The van der Waals surface area contributed by atoms with E-state index in [1.807, 2.05) is 0 Å². The molecule has 0 radical (unpaired) electrons. The standard InChI is InChI=1S/C68H132O17P2/c1-9-61(8)47-39-31-22-17-18-24-34-42-50-67(72)84-63(54-78-65(70)48-40-32-23-16-14-12-10-11-13-15-20-28-36-44-58(2)3)56-82-86(74,75)80-52-62(69)53-81-87(76,77)83-57-64(85-68(73)51-43-35-27-26-30-38-46-60(6)7)55-79-66(71)49-41-33-25-19-21-29-37-45-59(4)5/h58-64,69H,9-57H2,1-8H3,(H,74,75)(H,76,77)/t61?,62?,63-,64-/m1/s1. The first-order chi connectivity index (χ1) is 41.6. The van der Waals surface area contributed by atoms with Crippen LogP contribution in [0, 0.1) is 23.7 Å². The fraction of sp³-hybridized carbons (Fsp3) is 0.941. The minimum Gasteiger partial charge on any atom is -0.462 e. The monoisotopic (exact) mass is 1280 g/mol. The van der Waals surface area contributed by atoms with Crippen LogP contribution in [0.3, 0.4) is 0 Å². The van der Waals surface area contributed by atoms with Gasteiger partial charge in [-0.3, -0.25) is 37.3 Å². The quantitative estimate of drug-likeness (QED) is 0.0222. The van der Waals surface area contributed by atoms with Gasteiger partial charge in [-0.05, 0) is 49.4 Å². The molecule has 4 unspecified atom stereocenters. The van der Waals surface area contributed by atoms with Crippen LogP contribution in [0.15, 0.2) is 0 Å². The van der Waals surface area contributed by atoms with Gasteiger partial charge in [0.1, 0.15) is 19.3 Å². The fourth-order valence-electron chi connectivity index (χ4n) is 10.1. The zero-order valence-corrected chi connectivity index (χ0v) is 58.4. The van der Waals surface area contributed by atoms with Gasteiger partial charge >= 0.3 is 39.5 Å². The van der Waals surface area contributed by atoms with Gasteiger partial charge in [0.25, 0.3) is 0 Å². The maximum absolute atomic E-state index is 13.0. The van der Waals surface area contributed by atoms with Crippen molar-refractivity contribution in [1.29, 1.82) is 0 Å². The summed E-state index contributed by atoms with van der Waals surface area (Å²) in [7, 11) is -9.90. The highest BCUT2D eigenvalue weighted by Gasteiger charge is 2.30. The third kappa shape index (κ3) is 61.3. The number of phosphoric ester groups is 2. The lowest BCUT2D eigenvalue weighted by Crippen LogP contribution is -2.30. The second-order valence-corrected chi connectivity index (χ2v) is 29.1. The molecule has 0 amide bonds. The van der Waals surface area contributed by atoms with Crippen molar-refractivity contribution in [2.24, 2.45) is 23.7 Å². The summed E-state index contributed by atoms with van der Waals surface area (Å²) in [5.41, 5.74) is 0. The first kappa shape index (κ1) is 85.1. The Hall–Kier alpha value is -1.94. The van der Waals surface area contributed by atoms with Crippen LogP contribution in [-0.2, 0) is 65.4 Å². The van der Waals surface area contributed by atoms with Crippen molar-refractivity contribution in [3.63, 3.8) is 0 Å². The Kier molecular flexibility index (Phi) is 56.6. The molecule has 0 aromatic heterocycles. The largest absolute Gasteiger partial charge is 0.472 e. The molecule has 3 N–H and O–H groups in total. The lowest BCUT2D eigenvalue weighted by Gasteiger charge is -2.21. The van der Waals surface area contributed by atoms with E-state index in [0.717, 1.165) is 108 Å². The number of ether oxygens (including phenoxy) is 4. The molecule has 0 saturated carbocycles. The van der Waals surface area contributed by atoms with Gasteiger partial charge in [-0.15, -0.1) is 0 Å². The molecule has 0 fully saturated rings. The molecule has 0 rings (SSSR count). The van der Waals surface area contributed by atoms with E-state index in [2.05, 4.69) is 55.4 Å². The van der Waals surface area contributed by atoms with Gasteiger partial charge in [0.2, 0.25) is 0 Å². The van der Waals surface area contributed by atoms with Crippen LogP contribution in [0.5, 0.6) is 0 Å². The highest BCUT2D eigenvalue weighted by molar-refractivity contribution is 7.47. The summed E-state index contributed by atoms with van der Waals surface area (Å²) < 4.78 is 68.1. The predicted octanol–water partition coefficient (Wildman–Crippen LogP) is 18.9. The maximum Gasteiger partial charge on any atom is 0.472 e. The third-order valence-electron chi connectivity index (χ3n) is 15.9. The molecule has 6 atom stereocenters. The molecule has 516 valence electrons. The Labute approximate surface area is 530 Å². The van der Waals surface area contributed by atoms with E-state index >= 15 is 0 Å². The van der Waals surface area contributed by atoms with Crippen LogP contribution in [-0.4, -0.2) is 96.7 Å². The van der Waals surface area contributed by atoms with Crippen molar-refractivity contribution in [3.8, 4) is 0 Å². The fourth-order valence-corrected chi connectivity index (χ4v) is 11.7. The van der Waals surface area contributed by atoms with Gasteiger partial charge in [0, 0.05) is 25.7 Å². The number of rotatable bonds is 65. The van der Waals surface area contributed by atoms with Crippen molar-refractivity contribution >= 4 is 39.5 Å². The lowest BCUT2D eigenvalue weighted by molar-refractivity contribution is -0.161. The van der Waals surface area contributed by atoms with Gasteiger partial charge < -0.3 is 33.8 Å². The zero-order valence-electron chi connectivity index (χ0n) is 56.6. The molecule has 0 aliphatic heterocycles. The number of carbonyl (C=O) groups excluding carboxylic acids is 4. The molecule has 0 aliphatic carbocycles. The summed E-state index contributed by atoms with van der Waals surface area (Å²) in [5.74, 6) is 0.797. The van der Waals surface area contributed by atoms with Gasteiger partial charge in [-0.1, -0.05) is 280 Å². The van der Waals surface area contributed by atoms with E-state index in [9.17, 15) is 43.2 Å². The van der Waals surface area contributed by atoms with Crippen molar-refractivity contribution < 1.29 is 80.2 Å². The number of hydrogen-bond donors (Lipinski definition) is 3. The molecular weight excluding hydrogens is 1150 g/mol. The Morgan fingerprint density at radius 2 is 0.552 bits per heavy atom. The minimum absolute atomic E-state index is 0.101. The maximum atomic E-state index is 13.0. The molecule has 0 saturated heterocycles. The second-order valence-electron chi connectivity index (χ2n) is 26.2. The summed E-state index contributed by atoms with van der Waals surface area (Å²) in [6.07, 6.45) is 39.2. The van der Waals surface area contributed by atoms with Crippen molar-refractivity contribution in [3.05, 3.63) is 0 Å². The van der Waals surface area contributed by atoms with Crippen molar-refractivity contribution in [1.82, 2.24) is 0 Å². The summed E-state index contributed by atoms with van der Waals surface area (Å²) in [6, 6.07) is 0. The van der Waals surface area contributed by atoms with Gasteiger partial charge in [-0.2, -0.15) is 0 Å². The summed E-state index contributed by atoms with van der Waals surface area (Å²) in [4.78, 5) is 72.4. The number of carbonyl (C=O) groups is 4. The summed E-state index contributed by atoms with van der Waals surface area (Å²) in [6.45, 7) is 14.0. The minimum atomic E-state index is -4.95. The first-order valence-electron chi connectivity index (χ1n) is 35.2. The highest BCUT2D eigenvalue weighted by Crippen LogP contribution is 2.45. The van der Waals surface area contributed by atoms with E-state index in [1.54, 1.807) is 0 Å². The van der Waals surface area contributed by atoms with Crippen LogP contribution >= 0.6 is 15.6 Å². The van der Waals surface area contributed by atoms with Crippen LogP contribution in [0.1, 0.15) is 331 Å². The molecule has 0 aromatic rings. The number of aliphatic hydroxyl groups excluding tert-OH is 1. The molecule has 19 heteroatoms. The Morgan fingerprint density at radius 3 is 0.816 bits per heavy atom. The molecule has 87 heavy (non-hydrogen) atoms. The Morgan fingerprint density at radius 1 is 0.322 bits per heavy atom. The topological polar surface area (TPSA) is 237 Å². The summed E-state index contributed by atoms with van der Waals surface area (Å²) >= 11 is 0. The SMILES string of the molecule is CCC(C)CCCCCCCCCCC(=O)O[C@H](COC(=O)CCCCCCCCCCCCCCCC(C)C)COP(=O)(O)OCC(O)COP(=O)(O)OC[C@@H](COC(=O)CCCCCCCCCC(C)C)OC(=O)CCCCCCCCC(C)C. The third-order valence-corrected chi connectivity index (χ3v) is 17.8. The predicted molar refractivity (Wildman–Crippen MR) is 349 cm³/mol. The molecule has 0 aliphatic rings. The normalized spacial score (nSPS) is 14.6. The molecule has 0 spiro atoms. The molecule has 0 bridgehead atoms. The number of esters is 4. The number of aliphatic hydroxyl groups is 1. The smallest absolute Gasteiger partial charge is 0.462 e. The van der Waals surface area contributed by atoms with Crippen LogP contribution in [0.25, 0.3) is 0 Å². The van der Waals surface area contributed by atoms with E-state index in [0.29, 0.717) is 37.5 Å².